The summed E-state index contributed by atoms with van der Waals surface area (Å²) >= 11 is 0. The van der Waals surface area contributed by atoms with Crippen molar-refractivity contribution in [2.75, 3.05) is 0 Å². The molecule has 13 heavy (non-hydrogen) atoms. The lowest BCUT2D eigenvalue weighted by molar-refractivity contribution is 0.919. The zero-order chi connectivity index (χ0) is 9.26. The zero-order valence-corrected chi connectivity index (χ0v) is 7.37. The molecule has 1 N–H and O–H groups in total. The van der Waals surface area contributed by atoms with E-state index in [1.165, 1.54) is 0 Å². The van der Waals surface area contributed by atoms with Crippen LogP contribution in [0.5, 0.6) is 0 Å². The minimum Gasteiger partial charge on any atom is -0.267 e. The van der Waals surface area contributed by atoms with Crippen molar-refractivity contribution in [2.45, 2.75) is 13.3 Å². The molecule has 0 saturated carbocycles. The van der Waals surface area contributed by atoms with Crippen LogP contribution in [0.2, 0.25) is 0 Å². The monoisotopic (exact) mass is 174 g/mol. The average Bonchev–Trinajstić information content (AvgIpc) is 2.19. The molecule has 0 spiro atoms. The maximum absolute atomic E-state index is 11.3. The minimum atomic E-state index is -0.118. The number of nitrogens with one attached hydrogen (secondary N) is 1. The summed E-state index contributed by atoms with van der Waals surface area (Å²) in [5, 5.41) is 8.15. The number of fused-ring (bicyclic) bond motifs is 1. The van der Waals surface area contributed by atoms with Crippen molar-refractivity contribution in [3.05, 3.63) is 40.3 Å². The normalized spacial score (nSPS) is 10.5. The highest BCUT2D eigenvalue weighted by Crippen LogP contribution is 2.11. The first kappa shape index (κ1) is 7.98. The quantitative estimate of drug-likeness (QED) is 0.711. The van der Waals surface area contributed by atoms with Gasteiger partial charge in [0.25, 0.3) is 5.56 Å². The molecular formula is C10H10N2O. The number of rotatable bonds is 1. The second-order valence-electron chi connectivity index (χ2n) is 2.90. The van der Waals surface area contributed by atoms with Crippen LogP contribution in [0.3, 0.4) is 0 Å². The summed E-state index contributed by atoms with van der Waals surface area (Å²) in [6.07, 6.45) is 0.831. The van der Waals surface area contributed by atoms with Gasteiger partial charge in [0.1, 0.15) is 0 Å². The molecule has 0 aliphatic heterocycles. The van der Waals surface area contributed by atoms with Crippen molar-refractivity contribution in [3.63, 3.8) is 0 Å². The van der Waals surface area contributed by atoms with Gasteiger partial charge >= 0.3 is 0 Å². The van der Waals surface area contributed by atoms with Gasteiger partial charge in [0.2, 0.25) is 0 Å². The number of hydrogen-bond donors (Lipinski definition) is 1. The van der Waals surface area contributed by atoms with Crippen molar-refractivity contribution in [1.29, 1.82) is 0 Å². The average molecular weight is 174 g/mol. The standard InChI is InChI=1S/C10H10N2O/c1-2-9-7-5-3-4-6-8(7)10(13)12-11-9/h3-6H,2H2,1H3,(H,12,13). The van der Waals surface area contributed by atoms with Crippen molar-refractivity contribution >= 4 is 10.8 Å². The van der Waals surface area contributed by atoms with E-state index in [4.69, 9.17) is 0 Å². The van der Waals surface area contributed by atoms with Crippen LogP contribution in [-0.4, -0.2) is 10.2 Å². The highest BCUT2D eigenvalue weighted by atomic mass is 16.1. The number of nitrogens with zero attached hydrogens (tertiary/aromatic N) is 1. The van der Waals surface area contributed by atoms with Gasteiger partial charge in [-0.2, -0.15) is 5.10 Å². The first-order valence-corrected chi connectivity index (χ1v) is 4.29. The van der Waals surface area contributed by atoms with Crippen LogP contribution in [0.4, 0.5) is 0 Å². The third kappa shape index (κ3) is 1.22. The van der Waals surface area contributed by atoms with E-state index in [9.17, 15) is 4.79 Å². The summed E-state index contributed by atoms with van der Waals surface area (Å²) in [5.41, 5.74) is 0.822. The fraction of sp³-hybridized carbons (Fsp3) is 0.200. The molecule has 0 bridgehead atoms. The summed E-state index contributed by atoms with van der Waals surface area (Å²) in [5.74, 6) is 0. The zero-order valence-electron chi connectivity index (χ0n) is 7.37. The van der Waals surface area contributed by atoms with Gasteiger partial charge in [0.05, 0.1) is 11.1 Å². The van der Waals surface area contributed by atoms with Crippen molar-refractivity contribution < 1.29 is 0 Å². The number of benzene rings is 1. The molecule has 2 rings (SSSR count). The molecular weight excluding hydrogens is 164 g/mol. The summed E-state index contributed by atoms with van der Waals surface area (Å²) in [6, 6.07) is 7.52. The van der Waals surface area contributed by atoms with Gasteiger partial charge < -0.3 is 0 Å². The van der Waals surface area contributed by atoms with Gasteiger partial charge in [0.15, 0.2) is 0 Å². The van der Waals surface area contributed by atoms with Gasteiger partial charge in [-0.1, -0.05) is 25.1 Å². The molecule has 0 unspecified atom stereocenters. The maximum Gasteiger partial charge on any atom is 0.272 e. The molecule has 0 atom stereocenters. The molecule has 0 radical (unpaired) electrons. The van der Waals surface area contributed by atoms with Crippen LogP contribution >= 0.6 is 0 Å². The van der Waals surface area contributed by atoms with E-state index in [-0.39, 0.29) is 5.56 Å². The topological polar surface area (TPSA) is 45.8 Å². The molecule has 0 aliphatic carbocycles. The Bertz CT molecular complexity index is 487. The van der Waals surface area contributed by atoms with Crippen LogP contribution in [0, 0.1) is 0 Å². The first-order chi connectivity index (χ1) is 6.33. The fourth-order valence-corrected chi connectivity index (χ4v) is 1.44. The Hall–Kier alpha value is -1.64. The lowest BCUT2D eigenvalue weighted by Gasteiger charge is -2.00. The summed E-state index contributed by atoms with van der Waals surface area (Å²) in [7, 11) is 0. The van der Waals surface area contributed by atoms with E-state index in [0.717, 1.165) is 17.5 Å². The second-order valence-corrected chi connectivity index (χ2v) is 2.90. The fourth-order valence-electron chi connectivity index (χ4n) is 1.44. The Morgan fingerprint density at radius 2 is 2.00 bits per heavy atom. The van der Waals surface area contributed by atoms with Gasteiger partial charge in [0, 0.05) is 5.39 Å². The van der Waals surface area contributed by atoms with Crippen LogP contribution in [0.25, 0.3) is 10.8 Å². The Morgan fingerprint density at radius 3 is 2.69 bits per heavy atom. The van der Waals surface area contributed by atoms with Gasteiger partial charge in [-0.05, 0) is 12.5 Å². The van der Waals surface area contributed by atoms with E-state index in [1.807, 2.05) is 31.2 Å². The lowest BCUT2D eigenvalue weighted by atomic mass is 10.1. The number of H-pyrrole nitrogens is 1. The van der Waals surface area contributed by atoms with Crippen molar-refractivity contribution in [2.24, 2.45) is 0 Å². The molecule has 2 aromatic rings. The van der Waals surface area contributed by atoms with Gasteiger partial charge in [-0.3, -0.25) is 4.79 Å². The smallest absolute Gasteiger partial charge is 0.267 e. The first-order valence-electron chi connectivity index (χ1n) is 4.29. The predicted molar refractivity (Wildman–Crippen MR) is 51.7 cm³/mol. The molecule has 66 valence electrons. The predicted octanol–water partition coefficient (Wildman–Crippen LogP) is 1.49. The number of aromatic amines is 1. The minimum absolute atomic E-state index is 0.118. The van der Waals surface area contributed by atoms with E-state index >= 15 is 0 Å². The van der Waals surface area contributed by atoms with Gasteiger partial charge in [-0.15, -0.1) is 0 Å². The molecule has 1 aromatic carbocycles. The highest BCUT2D eigenvalue weighted by Gasteiger charge is 2.02. The molecule has 3 heteroatoms. The highest BCUT2D eigenvalue weighted by molar-refractivity contribution is 5.83. The third-order valence-electron chi connectivity index (χ3n) is 2.11. The molecule has 0 fully saturated rings. The van der Waals surface area contributed by atoms with Gasteiger partial charge in [-0.25, -0.2) is 5.10 Å². The van der Waals surface area contributed by atoms with Crippen LogP contribution < -0.4 is 5.56 Å². The number of aromatic nitrogens is 2. The molecule has 0 aliphatic rings. The third-order valence-corrected chi connectivity index (χ3v) is 2.11. The molecule has 1 heterocycles. The largest absolute Gasteiger partial charge is 0.272 e. The van der Waals surface area contributed by atoms with Crippen LogP contribution in [-0.2, 0) is 6.42 Å². The lowest BCUT2D eigenvalue weighted by Crippen LogP contribution is -2.10. The molecule has 0 saturated heterocycles. The maximum atomic E-state index is 11.3. The van der Waals surface area contributed by atoms with Crippen molar-refractivity contribution in [1.82, 2.24) is 10.2 Å². The number of aryl methyl sites for hydroxylation is 1. The Kier molecular flexibility index (Phi) is 1.85. The molecule has 3 nitrogen and oxygen atoms in total. The van der Waals surface area contributed by atoms with E-state index in [1.54, 1.807) is 0 Å². The number of hydrogen-bond acceptors (Lipinski definition) is 2. The molecule has 0 amide bonds. The Labute approximate surface area is 75.4 Å². The van der Waals surface area contributed by atoms with E-state index < -0.39 is 0 Å². The van der Waals surface area contributed by atoms with Crippen LogP contribution in [0.1, 0.15) is 12.6 Å². The Balaban J connectivity index is 2.93. The van der Waals surface area contributed by atoms with Crippen LogP contribution in [0.15, 0.2) is 29.1 Å². The molecule has 1 aromatic heterocycles. The van der Waals surface area contributed by atoms with E-state index in [0.29, 0.717) is 5.39 Å². The Morgan fingerprint density at radius 1 is 1.31 bits per heavy atom. The van der Waals surface area contributed by atoms with E-state index in [2.05, 4.69) is 10.2 Å². The van der Waals surface area contributed by atoms with Crippen molar-refractivity contribution in [3.8, 4) is 0 Å². The summed E-state index contributed by atoms with van der Waals surface area (Å²) in [4.78, 5) is 11.3. The summed E-state index contributed by atoms with van der Waals surface area (Å²) < 4.78 is 0. The SMILES string of the molecule is CCc1n[nH]c(=O)c2ccccc12. The second kappa shape index (κ2) is 3.01. The summed E-state index contributed by atoms with van der Waals surface area (Å²) in [6.45, 7) is 2.02.